The van der Waals surface area contributed by atoms with Crippen molar-refractivity contribution in [1.29, 1.82) is 0 Å². The lowest BCUT2D eigenvalue weighted by Crippen LogP contribution is -2.29. The quantitative estimate of drug-likeness (QED) is 0.388. The first-order valence-corrected chi connectivity index (χ1v) is 11.3. The number of aromatic amines is 2. The number of rotatable bonds is 7. The molecule has 0 fully saturated rings. The Balaban J connectivity index is 1.54. The van der Waals surface area contributed by atoms with Crippen molar-refractivity contribution in [3.8, 4) is 0 Å². The van der Waals surface area contributed by atoms with Gasteiger partial charge in [-0.25, -0.2) is 13.1 Å². The molecule has 0 spiro atoms. The molecule has 0 amide bonds. The van der Waals surface area contributed by atoms with Gasteiger partial charge in [0.2, 0.25) is 10.0 Å². The first-order valence-electron chi connectivity index (χ1n) is 9.80. The summed E-state index contributed by atoms with van der Waals surface area (Å²) in [5, 5.41) is 0. The molecule has 7 nitrogen and oxygen atoms in total. The molecule has 8 heteroatoms. The van der Waals surface area contributed by atoms with Gasteiger partial charge in [0.25, 0.3) is 0 Å². The molecule has 1 heterocycles. The molecule has 0 bridgehead atoms. The summed E-state index contributed by atoms with van der Waals surface area (Å²) in [6, 6.07) is 24.1. The van der Waals surface area contributed by atoms with Crippen molar-refractivity contribution in [3.05, 3.63) is 111 Å². The highest BCUT2D eigenvalue weighted by molar-refractivity contribution is 7.89. The molecule has 0 aliphatic heterocycles. The second-order valence-electron chi connectivity index (χ2n) is 7.18. The van der Waals surface area contributed by atoms with Crippen LogP contribution in [0.25, 0.3) is 11.0 Å². The minimum Gasteiger partial charge on any atom is -0.316 e. The van der Waals surface area contributed by atoms with Crippen molar-refractivity contribution in [3.63, 3.8) is 0 Å². The number of hydrogen-bond donors (Lipinski definition) is 3. The summed E-state index contributed by atoms with van der Waals surface area (Å²) in [5.41, 5.74) is 1.22. The second kappa shape index (κ2) is 8.71. The number of hydrogen-bond acceptors (Lipinski definition) is 4. The van der Waals surface area contributed by atoms with Crippen molar-refractivity contribution in [2.75, 3.05) is 6.54 Å². The van der Waals surface area contributed by atoms with Crippen LogP contribution >= 0.6 is 0 Å². The molecular weight excluding hydrogens is 414 g/mol. The van der Waals surface area contributed by atoms with Crippen LogP contribution in [0.2, 0.25) is 0 Å². The summed E-state index contributed by atoms with van der Waals surface area (Å²) in [7, 11) is -3.80. The van der Waals surface area contributed by atoms with Crippen LogP contribution in [0.1, 0.15) is 23.5 Å². The first kappa shape index (κ1) is 20.8. The predicted molar refractivity (Wildman–Crippen MR) is 120 cm³/mol. The van der Waals surface area contributed by atoms with Crippen molar-refractivity contribution >= 4 is 21.1 Å². The van der Waals surface area contributed by atoms with Gasteiger partial charge in [-0.2, -0.15) is 0 Å². The number of sulfonamides is 1. The van der Waals surface area contributed by atoms with Crippen molar-refractivity contribution in [1.82, 2.24) is 14.7 Å². The second-order valence-corrected chi connectivity index (χ2v) is 8.94. The van der Waals surface area contributed by atoms with E-state index in [2.05, 4.69) is 14.7 Å². The van der Waals surface area contributed by atoms with E-state index in [1.165, 1.54) is 18.2 Å². The van der Waals surface area contributed by atoms with E-state index in [4.69, 9.17) is 0 Å². The maximum absolute atomic E-state index is 12.8. The first-order chi connectivity index (χ1) is 14.9. The average Bonchev–Trinajstić information content (AvgIpc) is 2.78. The van der Waals surface area contributed by atoms with Gasteiger partial charge in [0.05, 0.1) is 15.9 Å². The van der Waals surface area contributed by atoms with Crippen LogP contribution in [0.5, 0.6) is 0 Å². The molecule has 31 heavy (non-hydrogen) atoms. The number of fused-ring (bicyclic) bond motifs is 1. The van der Waals surface area contributed by atoms with Crippen LogP contribution in [0.15, 0.2) is 93.3 Å². The van der Waals surface area contributed by atoms with Gasteiger partial charge < -0.3 is 9.97 Å². The zero-order valence-corrected chi connectivity index (χ0v) is 17.4. The fourth-order valence-electron chi connectivity index (χ4n) is 3.58. The zero-order valence-electron chi connectivity index (χ0n) is 16.5. The smallest absolute Gasteiger partial charge is 0.314 e. The van der Waals surface area contributed by atoms with E-state index in [0.717, 1.165) is 11.1 Å². The number of H-pyrrole nitrogens is 2. The highest BCUT2D eigenvalue weighted by Gasteiger charge is 2.18. The Morgan fingerprint density at radius 1 is 0.742 bits per heavy atom. The lowest BCUT2D eigenvalue weighted by atomic mass is 9.89. The molecule has 3 N–H and O–H groups in total. The lowest BCUT2D eigenvalue weighted by molar-refractivity contribution is 0.575. The fourth-order valence-corrected chi connectivity index (χ4v) is 4.65. The van der Waals surface area contributed by atoms with Gasteiger partial charge in [-0.05, 0) is 35.7 Å². The van der Waals surface area contributed by atoms with E-state index in [-0.39, 0.29) is 22.9 Å². The zero-order chi connectivity index (χ0) is 21.8. The van der Waals surface area contributed by atoms with E-state index in [9.17, 15) is 18.0 Å². The monoisotopic (exact) mass is 435 g/mol. The standard InChI is InChI=1S/C23H21N3O4S/c27-22-23(28)26-21-15-18(11-12-20(21)25-22)31(29,30)24-14-13-19(16-7-3-1-4-8-16)17-9-5-2-6-10-17/h1-12,15,19,24H,13-14H2,(H,25,27)(H,26,28). The third-order valence-electron chi connectivity index (χ3n) is 5.13. The predicted octanol–water partition coefficient (Wildman–Crippen LogP) is 2.72. The van der Waals surface area contributed by atoms with Gasteiger partial charge in [0.15, 0.2) is 0 Å². The van der Waals surface area contributed by atoms with Gasteiger partial charge in [-0.1, -0.05) is 60.7 Å². The third-order valence-corrected chi connectivity index (χ3v) is 6.59. The van der Waals surface area contributed by atoms with E-state index in [0.29, 0.717) is 11.9 Å². The summed E-state index contributed by atoms with van der Waals surface area (Å²) in [5.74, 6) is 0.0446. The maximum atomic E-state index is 12.8. The van der Waals surface area contributed by atoms with E-state index in [1.54, 1.807) is 0 Å². The number of aromatic nitrogens is 2. The SMILES string of the molecule is O=c1[nH]c2ccc(S(=O)(=O)NCCC(c3ccccc3)c3ccccc3)cc2[nH]c1=O. The molecule has 158 valence electrons. The van der Waals surface area contributed by atoms with Crippen LogP contribution in [-0.2, 0) is 10.0 Å². The maximum Gasteiger partial charge on any atom is 0.314 e. The van der Waals surface area contributed by atoms with Crippen LogP contribution in [0.3, 0.4) is 0 Å². The van der Waals surface area contributed by atoms with Gasteiger partial charge in [-0.15, -0.1) is 0 Å². The molecule has 4 aromatic rings. The Hall–Kier alpha value is -3.49. The minimum atomic E-state index is -3.80. The Bertz CT molecular complexity index is 1370. The summed E-state index contributed by atoms with van der Waals surface area (Å²) in [6.45, 7) is 0.233. The molecule has 0 unspecified atom stereocenters. The summed E-state index contributed by atoms with van der Waals surface area (Å²) >= 11 is 0. The molecule has 0 saturated carbocycles. The number of benzene rings is 3. The molecule has 0 aliphatic rings. The molecule has 0 atom stereocenters. The van der Waals surface area contributed by atoms with E-state index in [1.807, 2.05) is 60.7 Å². The minimum absolute atomic E-state index is 0.0127. The molecule has 1 aromatic heterocycles. The van der Waals surface area contributed by atoms with Gasteiger partial charge in [0, 0.05) is 12.5 Å². The lowest BCUT2D eigenvalue weighted by Gasteiger charge is -2.18. The highest BCUT2D eigenvalue weighted by Crippen LogP contribution is 2.27. The molecular formula is C23H21N3O4S. The summed E-state index contributed by atoms with van der Waals surface area (Å²) in [6.07, 6.45) is 0.574. The Morgan fingerprint density at radius 2 is 1.29 bits per heavy atom. The average molecular weight is 436 g/mol. The van der Waals surface area contributed by atoms with E-state index >= 15 is 0 Å². The Kier molecular flexibility index (Phi) is 5.83. The van der Waals surface area contributed by atoms with Gasteiger partial charge >= 0.3 is 11.1 Å². The summed E-state index contributed by atoms with van der Waals surface area (Å²) < 4.78 is 28.3. The van der Waals surface area contributed by atoms with Crippen molar-refractivity contribution in [2.24, 2.45) is 0 Å². The van der Waals surface area contributed by atoms with Gasteiger partial charge in [-0.3, -0.25) is 9.59 Å². The molecule has 3 aromatic carbocycles. The third kappa shape index (κ3) is 4.65. The number of nitrogens with one attached hydrogen (secondary N) is 3. The van der Waals surface area contributed by atoms with E-state index < -0.39 is 21.1 Å². The molecule has 0 saturated heterocycles. The van der Waals surface area contributed by atoms with Crippen LogP contribution in [0, 0.1) is 0 Å². The highest BCUT2D eigenvalue weighted by atomic mass is 32.2. The van der Waals surface area contributed by atoms with Crippen LogP contribution in [0.4, 0.5) is 0 Å². The van der Waals surface area contributed by atoms with Crippen LogP contribution < -0.4 is 15.8 Å². The van der Waals surface area contributed by atoms with Crippen molar-refractivity contribution < 1.29 is 8.42 Å². The van der Waals surface area contributed by atoms with Gasteiger partial charge in [0.1, 0.15) is 0 Å². The van der Waals surface area contributed by atoms with Crippen LogP contribution in [-0.4, -0.2) is 24.9 Å². The normalized spacial score (nSPS) is 11.8. The molecule has 4 rings (SSSR count). The summed E-state index contributed by atoms with van der Waals surface area (Å²) in [4.78, 5) is 27.8. The fraction of sp³-hybridized carbons (Fsp3) is 0.130. The topological polar surface area (TPSA) is 112 Å². The molecule has 0 radical (unpaired) electrons. The Morgan fingerprint density at radius 3 is 1.87 bits per heavy atom. The largest absolute Gasteiger partial charge is 0.316 e. The Labute approximate surface area is 178 Å². The molecule has 0 aliphatic carbocycles. The van der Waals surface area contributed by atoms with Crippen molar-refractivity contribution in [2.45, 2.75) is 17.2 Å².